The fraction of sp³-hybridized carbons (Fsp3) is 0.379. The maximum atomic E-state index is 13.8. The van der Waals surface area contributed by atoms with Crippen LogP contribution in [-0.2, 0) is 11.2 Å². The minimum atomic E-state index is -0.457. The lowest BCUT2D eigenvalue weighted by molar-refractivity contribution is -0.125. The molecule has 0 aromatic heterocycles. The molecule has 0 heterocycles. The summed E-state index contributed by atoms with van der Waals surface area (Å²) in [6, 6.07) is 20.6. The van der Waals surface area contributed by atoms with Crippen LogP contribution in [0.4, 0.5) is 5.69 Å². The van der Waals surface area contributed by atoms with Gasteiger partial charge in [-0.1, -0.05) is 70.0 Å². The fourth-order valence-electron chi connectivity index (χ4n) is 5.09. The summed E-state index contributed by atoms with van der Waals surface area (Å²) in [5, 5.41) is 27.9. The van der Waals surface area contributed by atoms with Gasteiger partial charge in [0, 0.05) is 22.0 Å². The molecule has 3 aromatic carbocycles. The molecule has 3 aromatic rings. The van der Waals surface area contributed by atoms with Gasteiger partial charge in [0.2, 0.25) is 5.91 Å². The van der Waals surface area contributed by atoms with E-state index in [0.29, 0.717) is 5.56 Å². The van der Waals surface area contributed by atoms with Crippen LogP contribution in [0, 0.1) is 16.7 Å². The zero-order valence-electron chi connectivity index (χ0n) is 20.2. The molecule has 34 heavy (non-hydrogen) atoms. The summed E-state index contributed by atoms with van der Waals surface area (Å²) in [6.07, 6.45) is 4.81. The molecule has 0 radical (unpaired) electrons. The number of benzene rings is 3. The first kappa shape index (κ1) is 23.6. The second-order valence-corrected chi connectivity index (χ2v) is 10.6. The summed E-state index contributed by atoms with van der Waals surface area (Å²) in [6.45, 7) is 6.20. The molecule has 1 aliphatic rings. The summed E-state index contributed by atoms with van der Waals surface area (Å²) in [5.74, 6) is 0.238. The molecule has 1 fully saturated rings. The molecular formula is C29H33N3O2. The number of carbonyl (C=O) groups is 1. The summed E-state index contributed by atoms with van der Waals surface area (Å²) in [7, 11) is 0. The third-order valence-electron chi connectivity index (χ3n) is 6.90. The number of anilines is 1. The molecule has 5 heteroatoms. The van der Waals surface area contributed by atoms with E-state index in [1.54, 1.807) is 12.1 Å². The Kier molecular flexibility index (Phi) is 6.52. The van der Waals surface area contributed by atoms with Gasteiger partial charge >= 0.3 is 0 Å². The Labute approximate surface area is 201 Å². The maximum Gasteiger partial charge on any atom is 0.243 e. The highest BCUT2D eigenvalue weighted by Crippen LogP contribution is 2.35. The van der Waals surface area contributed by atoms with Gasteiger partial charge in [0.1, 0.15) is 11.8 Å². The van der Waals surface area contributed by atoms with Crippen LogP contribution in [0.2, 0.25) is 0 Å². The number of amides is 1. The summed E-state index contributed by atoms with van der Waals surface area (Å²) < 4.78 is 0. The first-order valence-electron chi connectivity index (χ1n) is 12.0. The highest BCUT2D eigenvalue weighted by molar-refractivity contribution is 5.99. The van der Waals surface area contributed by atoms with Crippen molar-refractivity contribution in [1.29, 1.82) is 5.26 Å². The number of hydrogen-bond donors (Lipinski definition) is 3. The smallest absolute Gasteiger partial charge is 0.243 e. The van der Waals surface area contributed by atoms with Gasteiger partial charge in [0.05, 0.1) is 11.6 Å². The van der Waals surface area contributed by atoms with Gasteiger partial charge in [-0.2, -0.15) is 5.26 Å². The highest BCUT2D eigenvalue weighted by Gasteiger charge is 2.40. The second-order valence-electron chi connectivity index (χ2n) is 10.6. The SMILES string of the molecule is CC(C)(C)[C@@H](Nc1ccc(C#N)c2ccccc12)C(=O)NC1(Cc2ccc(O)cc2)CCCC1. The quantitative estimate of drug-likeness (QED) is 0.431. The van der Waals surface area contributed by atoms with E-state index in [-0.39, 0.29) is 22.6 Å². The van der Waals surface area contributed by atoms with Crippen LogP contribution in [0.25, 0.3) is 10.8 Å². The highest BCUT2D eigenvalue weighted by atomic mass is 16.3. The van der Waals surface area contributed by atoms with Crippen molar-refractivity contribution in [3.05, 3.63) is 71.8 Å². The first-order valence-corrected chi connectivity index (χ1v) is 12.0. The predicted octanol–water partition coefficient (Wildman–Crippen LogP) is 5.92. The van der Waals surface area contributed by atoms with E-state index in [1.807, 2.05) is 48.5 Å². The zero-order chi connectivity index (χ0) is 24.3. The molecular weight excluding hydrogens is 422 g/mol. The number of nitrogens with zero attached hydrogens (tertiary/aromatic N) is 1. The van der Waals surface area contributed by atoms with Crippen molar-refractivity contribution < 1.29 is 9.90 Å². The van der Waals surface area contributed by atoms with E-state index in [2.05, 4.69) is 37.5 Å². The Morgan fingerprint density at radius 3 is 2.29 bits per heavy atom. The standard InChI is InChI=1S/C29H33N3O2/c1-28(2,3)26(31-25-15-12-21(19-30)23-8-4-5-9-24(23)25)27(34)32-29(16-6-7-17-29)18-20-10-13-22(33)14-11-20/h4-5,8-15,26,31,33H,6-7,16-18H2,1-3H3,(H,32,34)/t26-/m0/s1. The van der Waals surface area contributed by atoms with Crippen LogP contribution >= 0.6 is 0 Å². The van der Waals surface area contributed by atoms with Crippen molar-refractivity contribution in [1.82, 2.24) is 5.32 Å². The van der Waals surface area contributed by atoms with Gasteiger partial charge < -0.3 is 15.7 Å². The monoisotopic (exact) mass is 455 g/mol. The van der Waals surface area contributed by atoms with Crippen molar-refractivity contribution in [3.8, 4) is 11.8 Å². The zero-order valence-corrected chi connectivity index (χ0v) is 20.2. The van der Waals surface area contributed by atoms with Gasteiger partial charge in [-0.3, -0.25) is 4.79 Å². The van der Waals surface area contributed by atoms with E-state index in [0.717, 1.165) is 54.1 Å². The molecule has 0 saturated heterocycles. The maximum absolute atomic E-state index is 13.8. The van der Waals surface area contributed by atoms with Crippen LogP contribution in [0.15, 0.2) is 60.7 Å². The molecule has 4 rings (SSSR count). The number of fused-ring (bicyclic) bond motifs is 1. The van der Waals surface area contributed by atoms with E-state index in [1.165, 1.54) is 0 Å². The van der Waals surface area contributed by atoms with Crippen LogP contribution in [0.5, 0.6) is 5.75 Å². The molecule has 0 aliphatic heterocycles. The lowest BCUT2D eigenvalue weighted by Crippen LogP contribution is -2.56. The Morgan fingerprint density at radius 2 is 1.68 bits per heavy atom. The molecule has 1 aliphatic carbocycles. The average molecular weight is 456 g/mol. The Balaban J connectivity index is 1.62. The topological polar surface area (TPSA) is 85.2 Å². The number of nitriles is 1. The predicted molar refractivity (Wildman–Crippen MR) is 137 cm³/mol. The second kappa shape index (κ2) is 9.38. The summed E-state index contributed by atoms with van der Waals surface area (Å²) in [4.78, 5) is 13.8. The van der Waals surface area contributed by atoms with Crippen LogP contribution in [0.1, 0.15) is 57.6 Å². The van der Waals surface area contributed by atoms with Crippen molar-refractivity contribution >= 4 is 22.4 Å². The molecule has 1 amide bonds. The third-order valence-corrected chi connectivity index (χ3v) is 6.90. The number of nitrogens with one attached hydrogen (secondary N) is 2. The minimum absolute atomic E-state index is 0.0124. The Morgan fingerprint density at radius 1 is 1.03 bits per heavy atom. The normalized spacial score (nSPS) is 16.1. The summed E-state index contributed by atoms with van der Waals surface area (Å²) in [5.41, 5.74) is 1.96. The van der Waals surface area contributed by atoms with Gasteiger partial charge in [0.15, 0.2) is 0 Å². The van der Waals surface area contributed by atoms with Gasteiger partial charge in [-0.25, -0.2) is 0 Å². The molecule has 5 nitrogen and oxygen atoms in total. The lowest BCUT2D eigenvalue weighted by atomic mass is 9.83. The molecule has 176 valence electrons. The first-order chi connectivity index (χ1) is 16.2. The fourth-order valence-corrected chi connectivity index (χ4v) is 5.09. The molecule has 3 N–H and O–H groups in total. The number of rotatable bonds is 6. The molecule has 0 spiro atoms. The van der Waals surface area contributed by atoms with E-state index in [9.17, 15) is 15.2 Å². The van der Waals surface area contributed by atoms with E-state index in [4.69, 9.17) is 0 Å². The van der Waals surface area contributed by atoms with Gasteiger partial charge in [0.25, 0.3) is 0 Å². The number of aromatic hydroxyl groups is 1. The van der Waals surface area contributed by atoms with Gasteiger partial charge in [-0.05, 0) is 54.5 Å². The molecule has 0 unspecified atom stereocenters. The van der Waals surface area contributed by atoms with Gasteiger partial charge in [-0.15, -0.1) is 0 Å². The number of hydrogen-bond acceptors (Lipinski definition) is 4. The van der Waals surface area contributed by atoms with Crippen molar-refractivity contribution in [2.24, 2.45) is 5.41 Å². The average Bonchev–Trinajstić information content (AvgIpc) is 3.25. The molecule has 0 bridgehead atoms. The molecule has 1 saturated carbocycles. The van der Waals surface area contributed by atoms with E-state index < -0.39 is 6.04 Å². The molecule has 1 atom stereocenters. The van der Waals surface area contributed by atoms with Crippen molar-refractivity contribution in [2.45, 2.75) is 64.5 Å². The van der Waals surface area contributed by atoms with Crippen LogP contribution < -0.4 is 10.6 Å². The largest absolute Gasteiger partial charge is 0.508 e. The lowest BCUT2D eigenvalue weighted by Gasteiger charge is -2.37. The minimum Gasteiger partial charge on any atom is -0.508 e. The van der Waals surface area contributed by atoms with Crippen molar-refractivity contribution in [2.75, 3.05) is 5.32 Å². The third kappa shape index (κ3) is 5.02. The van der Waals surface area contributed by atoms with Crippen LogP contribution in [-0.4, -0.2) is 22.6 Å². The summed E-state index contributed by atoms with van der Waals surface area (Å²) >= 11 is 0. The Bertz CT molecular complexity index is 1210. The number of carbonyl (C=O) groups excluding carboxylic acids is 1. The van der Waals surface area contributed by atoms with Crippen molar-refractivity contribution in [3.63, 3.8) is 0 Å². The Hall–Kier alpha value is -3.52. The van der Waals surface area contributed by atoms with Crippen LogP contribution in [0.3, 0.4) is 0 Å². The number of phenolic OH excluding ortho intramolecular Hbond substituents is 1. The van der Waals surface area contributed by atoms with E-state index >= 15 is 0 Å². The number of phenols is 1.